The van der Waals surface area contributed by atoms with E-state index in [4.69, 9.17) is 15.6 Å². The van der Waals surface area contributed by atoms with Crippen LogP contribution in [0.15, 0.2) is 18.2 Å². The Morgan fingerprint density at radius 3 is 2.55 bits per heavy atom. The molecule has 0 aliphatic rings. The maximum Gasteiger partial charge on any atom is 0.268 e. The zero-order valence-electron chi connectivity index (χ0n) is 18.9. The highest BCUT2D eigenvalue weighted by Gasteiger charge is 2.34. The van der Waals surface area contributed by atoms with E-state index in [1.54, 1.807) is 0 Å². The standard InChI is InChI=1S/C22H30N4O6S/c1-12(2)7-9-25-21(30)16(13-5-6-14(28)15(11-13)32-3)17-18(20(23)29)26-33-19(17)22(31)24-8-4-10-27/h5-6,11-12,16,27-28H,4,7-10H2,1-3H3,(H2,23,29)(H,24,31)(H,25,30). The molecule has 1 unspecified atom stereocenters. The SMILES string of the molecule is COc1cc(C(C(=O)NCCC(C)C)c2c(C(N)=O)nsc2C(=O)NCCCO)ccc1O. The maximum absolute atomic E-state index is 13.4. The maximum atomic E-state index is 13.4. The molecule has 33 heavy (non-hydrogen) atoms. The fourth-order valence-electron chi connectivity index (χ4n) is 3.18. The van der Waals surface area contributed by atoms with E-state index in [1.807, 2.05) is 13.8 Å². The number of aliphatic hydroxyl groups excluding tert-OH is 1. The number of aliphatic hydroxyl groups is 1. The second-order valence-electron chi connectivity index (χ2n) is 7.81. The Balaban J connectivity index is 2.60. The topological polar surface area (TPSA) is 164 Å². The summed E-state index contributed by atoms with van der Waals surface area (Å²) >= 11 is 0.767. The molecule has 0 aliphatic heterocycles. The van der Waals surface area contributed by atoms with Gasteiger partial charge in [0, 0.05) is 25.3 Å². The predicted molar refractivity (Wildman–Crippen MR) is 124 cm³/mol. The number of aromatic nitrogens is 1. The molecular formula is C22H30N4O6S. The van der Waals surface area contributed by atoms with Crippen LogP contribution in [0.4, 0.5) is 0 Å². The highest BCUT2D eigenvalue weighted by Crippen LogP contribution is 2.37. The number of primary amides is 1. The molecule has 0 saturated heterocycles. The molecule has 2 aromatic rings. The fourth-order valence-corrected chi connectivity index (χ4v) is 4.02. The summed E-state index contributed by atoms with van der Waals surface area (Å²) in [4.78, 5) is 38.4. The Morgan fingerprint density at radius 2 is 1.94 bits per heavy atom. The predicted octanol–water partition coefficient (Wildman–Crippen LogP) is 1.36. The van der Waals surface area contributed by atoms with Gasteiger partial charge in [0.2, 0.25) is 5.91 Å². The molecule has 1 atom stereocenters. The van der Waals surface area contributed by atoms with Crippen molar-refractivity contribution >= 4 is 29.3 Å². The summed E-state index contributed by atoms with van der Waals surface area (Å²) in [5.41, 5.74) is 5.83. The quantitative estimate of drug-likeness (QED) is 0.287. The van der Waals surface area contributed by atoms with Gasteiger partial charge in [-0.1, -0.05) is 19.9 Å². The van der Waals surface area contributed by atoms with E-state index in [2.05, 4.69) is 15.0 Å². The summed E-state index contributed by atoms with van der Waals surface area (Å²) in [5.74, 6) is -2.60. The molecule has 0 aliphatic carbocycles. The first-order valence-corrected chi connectivity index (χ1v) is 11.3. The van der Waals surface area contributed by atoms with Crippen molar-refractivity contribution in [3.05, 3.63) is 39.9 Å². The molecule has 11 heteroatoms. The van der Waals surface area contributed by atoms with Gasteiger partial charge in [0.25, 0.3) is 11.8 Å². The van der Waals surface area contributed by atoms with Crippen LogP contribution in [0.25, 0.3) is 0 Å². The van der Waals surface area contributed by atoms with Crippen molar-refractivity contribution in [3.63, 3.8) is 0 Å². The molecule has 1 heterocycles. The largest absolute Gasteiger partial charge is 0.504 e. The molecule has 2 rings (SSSR count). The van der Waals surface area contributed by atoms with Gasteiger partial charge in [0.1, 0.15) is 10.6 Å². The number of carbonyl (C=O) groups is 3. The van der Waals surface area contributed by atoms with Crippen LogP contribution in [0.5, 0.6) is 11.5 Å². The molecule has 1 aromatic heterocycles. The number of benzene rings is 1. The van der Waals surface area contributed by atoms with Crippen LogP contribution in [-0.2, 0) is 4.79 Å². The first-order valence-electron chi connectivity index (χ1n) is 10.5. The van der Waals surface area contributed by atoms with E-state index >= 15 is 0 Å². The van der Waals surface area contributed by atoms with Gasteiger partial charge < -0.3 is 31.3 Å². The number of nitrogens with one attached hydrogen (secondary N) is 2. The zero-order chi connectivity index (χ0) is 24.5. The van der Waals surface area contributed by atoms with Crippen LogP contribution in [-0.4, -0.2) is 59.1 Å². The van der Waals surface area contributed by atoms with Crippen LogP contribution in [0.2, 0.25) is 0 Å². The number of nitrogens with two attached hydrogens (primary N) is 1. The first-order chi connectivity index (χ1) is 15.7. The molecule has 1 aromatic carbocycles. The number of ether oxygens (including phenoxy) is 1. The molecule has 10 nitrogen and oxygen atoms in total. The monoisotopic (exact) mass is 478 g/mol. The fraction of sp³-hybridized carbons (Fsp3) is 0.455. The first kappa shape index (κ1) is 26.1. The van der Waals surface area contributed by atoms with Crippen LogP contribution in [0.3, 0.4) is 0 Å². The summed E-state index contributed by atoms with van der Waals surface area (Å²) in [6, 6.07) is 4.35. The van der Waals surface area contributed by atoms with E-state index in [0.717, 1.165) is 18.0 Å². The van der Waals surface area contributed by atoms with Crippen molar-refractivity contribution in [2.24, 2.45) is 11.7 Å². The Morgan fingerprint density at radius 1 is 1.21 bits per heavy atom. The summed E-state index contributed by atoms with van der Waals surface area (Å²) in [6.45, 7) is 4.55. The lowest BCUT2D eigenvalue weighted by molar-refractivity contribution is -0.121. The number of hydrogen-bond acceptors (Lipinski definition) is 8. The van der Waals surface area contributed by atoms with Gasteiger partial charge >= 0.3 is 0 Å². The number of hydrogen-bond donors (Lipinski definition) is 5. The van der Waals surface area contributed by atoms with E-state index in [9.17, 15) is 19.5 Å². The average molecular weight is 479 g/mol. The molecule has 0 bridgehead atoms. The van der Waals surface area contributed by atoms with Crippen LogP contribution < -0.4 is 21.1 Å². The van der Waals surface area contributed by atoms with E-state index in [1.165, 1.54) is 25.3 Å². The number of rotatable bonds is 12. The molecule has 0 saturated carbocycles. The number of amides is 3. The Kier molecular flexibility index (Phi) is 9.61. The normalized spacial score (nSPS) is 11.8. The molecule has 0 radical (unpaired) electrons. The van der Waals surface area contributed by atoms with Crippen molar-refractivity contribution in [1.29, 1.82) is 0 Å². The Bertz CT molecular complexity index is 991. The number of phenolic OH excluding ortho intramolecular Hbond substituents is 1. The van der Waals surface area contributed by atoms with Gasteiger partial charge in [-0.2, -0.15) is 4.37 Å². The summed E-state index contributed by atoms with van der Waals surface area (Å²) in [6.07, 6.45) is 1.08. The van der Waals surface area contributed by atoms with E-state index in [-0.39, 0.29) is 40.8 Å². The number of nitrogens with zero attached hydrogens (tertiary/aromatic N) is 1. The van der Waals surface area contributed by atoms with Crippen LogP contribution >= 0.6 is 11.5 Å². The summed E-state index contributed by atoms with van der Waals surface area (Å²) < 4.78 is 9.24. The average Bonchev–Trinajstić information content (AvgIpc) is 3.20. The molecule has 0 fully saturated rings. The minimum atomic E-state index is -1.11. The second-order valence-corrected chi connectivity index (χ2v) is 8.58. The molecule has 3 amide bonds. The van der Waals surface area contributed by atoms with Crippen molar-refractivity contribution in [1.82, 2.24) is 15.0 Å². The number of carbonyl (C=O) groups excluding carboxylic acids is 3. The van der Waals surface area contributed by atoms with Crippen LogP contribution in [0.1, 0.15) is 63.9 Å². The van der Waals surface area contributed by atoms with Crippen molar-refractivity contribution in [2.45, 2.75) is 32.6 Å². The van der Waals surface area contributed by atoms with E-state index < -0.39 is 23.6 Å². The van der Waals surface area contributed by atoms with Gasteiger partial charge in [-0.3, -0.25) is 14.4 Å². The van der Waals surface area contributed by atoms with Crippen molar-refractivity contribution < 1.29 is 29.3 Å². The zero-order valence-corrected chi connectivity index (χ0v) is 19.7. The third-order valence-corrected chi connectivity index (χ3v) is 5.76. The Labute approximate surface area is 196 Å². The van der Waals surface area contributed by atoms with Crippen molar-refractivity contribution in [2.75, 3.05) is 26.8 Å². The highest BCUT2D eigenvalue weighted by molar-refractivity contribution is 7.08. The number of methoxy groups -OCH3 is 1. The minimum absolute atomic E-state index is 0.0674. The summed E-state index contributed by atoms with van der Waals surface area (Å²) in [5, 5.41) is 24.5. The summed E-state index contributed by atoms with van der Waals surface area (Å²) in [7, 11) is 1.37. The third kappa shape index (κ3) is 6.65. The molecule has 6 N–H and O–H groups in total. The number of aromatic hydroxyl groups is 1. The Hall–Kier alpha value is -3.18. The van der Waals surface area contributed by atoms with Gasteiger partial charge in [-0.05, 0) is 48.0 Å². The highest BCUT2D eigenvalue weighted by atomic mass is 32.1. The second kappa shape index (κ2) is 12.2. The molecule has 180 valence electrons. The van der Waals surface area contributed by atoms with Gasteiger partial charge in [-0.15, -0.1) is 0 Å². The smallest absolute Gasteiger partial charge is 0.268 e. The number of phenols is 1. The van der Waals surface area contributed by atoms with E-state index in [0.29, 0.717) is 24.4 Å². The minimum Gasteiger partial charge on any atom is -0.504 e. The lowest BCUT2D eigenvalue weighted by Gasteiger charge is -2.20. The third-order valence-electron chi connectivity index (χ3n) is 4.90. The lowest BCUT2D eigenvalue weighted by atomic mass is 9.88. The van der Waals surface area contributed by atoms with Crippen LogP contribution in [0, 0.1) is 5.92 Å². The molecule has 0 spiro atoms. The van der Waals surface area contributed by atoms with Gasteiger partial charge in [0.05, 0.1) is 13.0 Å². The molecular weight excluding hydrogens is 448 g/mol. The van der Waals surface area contributed by atoms with Crippen molar-refractivity contribution in [3.8, 4) is 11.5 Å². The van der Waals surface area contributed by atoms with Gasteiger partial charge in [0.15, 0.2) is 11.5 Å². The lowest BCUT2D eigenvalue weighted by Crippen LogP contribution is -2.34. The van der Waals surface area contributed by atoms with Gasteiger partial charge in [-0.25, -0.2) is 0 Å².